The number of carbonyl (C=O) groups excluding carboxylic acids is 1. The average molecular weight is 354 g/mol. The number of halogens is 1. The van der Waals surface area contributed by atoms with Crippen LogP contribution in [-0.4, -0.2) is 57.1 Å². The molecule has 0 radical (unpaired) electrons. The van der Waals surface area contributed by atoms with Crippen molar-refractivity contribution in [1.29, 1.82) is 0 Å². The van der Waals surface area contributed by atoms with Crippen LogP contribution in [0.4, 0.5) is 0 Å². The van der Waals surface area contributed by atoms with Crippen molar-refractivity contribution < 1.29 is 14.4 Å². The quantitative estimate of drug-likeness (QED) is 0.829. The molecule has 1 fully saturated rings. The maximum absolute atomic E-state index is 12.4. The van der Waals surface area contributed by atoms with Gasteiger partial charge in [0.25, 0.3) is 5.91 Å². The van der Waals surface area contributed by atoms with E-state index in [-0.39, 0.29) is 30.6 Å². The fourth-order valence-electron chi connectivity index (χ4n) is 2.57. The van der Waals surface area contributed by atoms with Crippen LogP contribution < -0.4 is 5.73 Å². The Morgan fingerprint density at radius 1 is 1.29 bits per heavy atom. The Hall–Kier alpha value is -2.16. The molecule has 130 valence electrons. The maximum atomic E-state index is 12.4. The minimum absolute atomic E-state index is 0. The van der Waals surface area contributed by atoms with Crippen molar-refractivity contribution in [1.82, 2.24) is 19.9 Å². The van der Waals surface area contributed by atoms with Crippen LogP contribution in [-0.2, 0) is 13.1 Å². The highest BCUT2D eigenvalue weighted by atomic mass is 35.5. The highest BCUT2D eigenvalue weighted by Gasteiger charge is 2.23. The second kappa shape index (κ2) is 8.09. The highest BCUT2D eigenvalue weighted by Crippen LogP contribution is 2.15. The van der Waals surface area contributed by atoms with E-state index in [0.29, 0.717) is 36.9 Å². The van der Waals surface area contributed by atoms with E-state index in [0.717, 1.165) is 13.1 Å². The molecule has 1 saturated heterocycles. The van der Waals surface area contributed by atoms with Gasteiger partial charge >= 0.3 is 0 Å². The van der Waals surface area contributed by atoms with E-state index in [2.05, 4.69) is 15.0 Å². The molecule has 0 unspecified atom stereocenters. The summed E-state index contributed by atoms with van der Waals surface area (Å²) in [6.07, 6.45) is 0. The van der Waals surface area contributed by atoms with Crippen LogP contribution >= 0.6 is 12.4 Å². The SMILES string of the molecule is Cl.NCc1nc(CN2CCN(C(=O)c3cccc(O)c3)CC2)no1. The van der Waals surface area contributed by atoms with Gasteiger partial charge in [-0.1, -0.05) is 11.2 Å². The molecule has 1 aromatic carbocycles. The molecule has 0 saturated carbocycles. The smallest absolute Gasteiger partial charge is 0.254 e. The summed E-state index contributed by atoms with van der Waals surface area (Å²) in [5.41, 5.74) is 5.95. The number of nitrogens with two attached hydrogens (primary N) is 1. The first kappa shape index (κ1) is 18.2. The molecule has 0 bridgehead atoms. The summed E-state index contributed by atoms with van der Waals surface area (Å²) in [6, 6.07) is 6.42. The van der Waals surface area contributed by atoms with Crippen LogP contribution in [0.5, 0.6) is 5.75 Å². The summed E-state index contributed by atoms with van der Waals surface area (Å²) in [5.74, 6) is 1.07. The summed E-state index contributed by atoms with van der Waals surface area (Å²) in [4.78, 5) is 20.5. The third-order valence-electron chi connectivity index (χ3n) is 3.80. The Bertz CT molecular complexity index is 685. The fourth-order valence-corrected chi connectivity index (χ4v) is 2.57. The summed E-state index contributed by atoms with van der Waals surface area (Å²) < 4.78 is 4.98. The molecule has 1 amide bonds. The van der Waals surface area contributed by atoms with Gasteiger partial charge in [-0.2, -0.15) is 4.98 Å². The van der Waals surface area contributed by atoms with Crippen molar-refractivity contribution in [3.8, 4) is 5.75 Å². The molecule has 1 aromatic heterocycles. The van der Waals surface area contributed by atoms with Gasteiger partial charge in [-0.15, -0.1) is 12.4 Å². The van der Waals surface area contributed by atoms with Crippen molar-refractivity contribution in [3.05, 3.63) is 41.5 Å². The number of hydrogen-bond acceptors (Lipinski definition) is 7. The Morgan fingerprint density at radius 2 is 2.04 bits per heavy atom. The number of amides is 1. The van der Waals surface area contributed by atoms with E-state index < -0.39 is 0 Å². The number of phenolic OH excluding ortho intramolecular Hbond substituents is 1. The predicted octanol–water partition coefficient (Wildman–Crippen LogP) is 0.614. The maximum Gasteiger partial charge on any atom is 0.254 e. The first-order valence-corrected chi connectivity index (χ1v) is 7.48. The minimum atomic E-state index is -0.0643. The zero-order valence-corrected chi connectivity index (χ0v) is 13.9. The Kier molecular flexibility index (Phi) is 6.13. The standard InChI is InChI=1S/C15H19N5O3.ClH/c16-9-14-17-13(18-23-14)10-19-4-6-20(7-5-19)15(22)11-2-1-3-12(21)8-11;/h1-3,8,21H,4-7,9-10,16H2;1H. The molecule has 24 heavy (non-hydrogen) atoms. The van der Waals surface area contributed by atoms with Crippen LogP contribution in [0.2, 0.25) is 0 Å². The predicted molar refractivity (Wildman–Crippen MR) is 88.7 cm³/mol. The number of hydrogen-bond donors (Lipinski definition) is 2. The molecule has 0 aliphatic carbocycles. The average Bonchev–Trinajstić information content (AvgIpc) is 3.02. The number of carbonyl (C=O) groups is 1. The van der Waals surface area contributed by atoms with Crippen LogP contribution in [0.1, 0.15) is 22.1 Å². The summed E-state index contributed by atoms with van der Waals surface area (Å²) in [6.45, 7) is 3.52. The monoisotopic (exact) mass is 353 g/mol. The van der Waals surface area contributed by atoms with Gasteiger partial charge in [-0.25, -0.2) is 0 Å². The van der Waals surface area contributed by atoms with Gasteiger partial charge < -0.3 is 20.3 Å². The van der Waals surface area contributed by atoms with E-state index in [1.54, 1.807) is 23.1 Å². The topological polar surface area (TPSA) is 109 Å². The number of aromatic hydroxyl groups is 1. The number of piperazine rings is 1. The molecule has 0 atom stereocenters. The van der Waals surface area contributed by atoms with E-state index in [9.17, 15) is 9.90 Å². The van der Waals surface area contributed by atoms with Crippen molar-refractivity contribution >= 4 is 18.3 Å². The van der Waals surface area contributed by atoms with Gasteiger partial charge in [0.1, 0.15) is 5.75 Å². The number of benzene rings is 1. The van der Waals surface area contributed by atoms with Gasteiger partial charge in [-0.3, -0.25) is 9.69 Å². The van der Waals surface area contributed by atoms with Gasteiger partial charge in [0.05, 0.1) is 13.1 Å². The zero-order chi connectivity index (χ0) is 16.2. The molecule has 2 aromatic rings. The van der Waals surface area contributed by atoms with Crippen molar-refractivity contribution in [2.24, 2.45) is 5.73 Å². The van der Waals surface area contributed by atoms with Crippen molar-refractivity contribution in [2.75, 3.05) is 26.2 Å². The molecule has 3 N–H and O–H groups in total. The van der Waals surface area contributed by atoms with Crippen LogP contribution in [0.3, 0.4) is 0 Å². The lowest BCUT2D eigenvalue weighted by Crippen LogP contribution is -2.48. The van der Waals surface area contributed by atoms with Gasteiger partial charge in [0.15, 0.2) is 5.82 Å². The number of nitrogens with zero attached hydrogens (tertiary/aromatic N) is 4. The van der Waals surface area contributed by atoms with E-state index in [4.69, 9.17) is 10.3 Å². The number of aromatic nitrogens is 2. The Balaban J connectivity index is 0.00000208. The van der Waals surface area contributed by atoms with Crippen molar-refractivity contribution in [2.45, 2.75) is 13.1 Å². The molecule has 3 rings (SSSR count). The molecule has 9 heteroatoms. The molecular weight excluding hydrogens is 334 g/mol. The zero-order valence-electron chi connectivity index (χ0n) is 13.1. The third kappa shape index (κ3) is 4.22. The van der Waals surface area contributed by atoms with Gasteiger partial charge in [0, 0.05) is 31.7 Å². The fraction of sp³-hybridized carbons (Fsp3) is 0.400. The first-order chi connectivity index (χ1) is 11.2. The summed E-state index contributed by atoms with van der Waals surface area (Å²) in [7, 11) is 0. The first-order valence-electron chi connectivity index (χ1n) is 7.48. The third-order valence-corrected chi connectivity index (χ3v) is 3.80. The van der Waals surface area contributed by atoms with E-state index in [1.165, 1.54) is 6.07 Å². The molecule has 2 heterocycles. The number of rotatable bonds is 4. The Labute approximate surface area is 145 Å². The highest BCUT2D eigenvalue weighted by molar-refractivity contribution is 5.94. The van der Waals surface area contributed by atoms with Crippen molar-refractivity contribution in [3.63, 3.8) is 0 Å². The van der Waals surface area contributed by atoms with Crippen LogP contribution in [0.25, 0.3) is 0 Å². The molecule has 0 spiro atoms. The van der Waals surface area contributed by atoms with Crippen LogP contribution in [0, 0.1) is 0 Å². The van der Waals surface area contributed by atoms with Gasteiger partial charge in [0.2, 0.25) is 5.89 Å². The Morgan fingerprint density at radius 3 is 2.67 bits per heavy atom. The summed E-state index contributed by atoms with van der Waals surface area (Å²) in [5, 5.41) is 13.4. The van der Waals surface area contributed by atoms with E-state index in [1.807, 2.05) is 0 Å². The van der Waals surface area contributed by atoms with E-state index >= 15 is 0 Å². The van der Waals surface area contributed by atoms with Crippen LogP contribution in [0.15, 0.2) is 28.8 Å². The molecule has 8 nitrogen and oxygen atoms in total. The normalized spacial score (nSPS) is 15.1. The second-order valence-corrected chi connectivity index (χ2v) is 5.43. The summed E-state index contributed by atoms with van der Waals surface area (Å²) >= 11 is 0. The lowest BCUT2D eigenvalue weighted by atomic mass is 10.1. The minimum Gasteiger partial charge on any atom is -0.508 e. The van der Waals surface area contributed by atoms with Gasteiger partial charge in [-0.05, 0) is 18.2 Å². The lowest BCUT2D eigenvalue weighted by molar-refractivity contribution is 0.0624. The molecule has 1 aliphatic heterocycles. The largest absolute Gasteiger partial charge is 0.508 e. The number of phenols is 1. The molecular formula is C15H20ClN5O3. The second-order valence-electron chi connectivity index (χ2n) is 5.43. The molecule has 1 aliphatic rings. The lowest BCUT2D eigenvalue weighted by Gasteiger charge is -2.34.